The van der Waals surface area contributed by atoms with Gasteiger partial charge in [0, 0.05) is 12.8 Å². The molecule has 0 bridgehead atoms. The maximum Gasteiger partial charge on any atom is 0.0791 e. The van der Waals surface area contributed by atoms with E-state index in [1.54, 1.807) is 0 Å². The molecule has 0 aromatic heterocycles. The number of nitrogens with two attached hydrogens (primary N) is 1. The topological polar surface area (TPSA) is 16.6 Å². The number of rotatable bonds is 0. The summed E-state index contributed by atoms with van der Waals surface area (Å²) in [5.74, 6) is 0. The second-order valence-electron chi connectivity index (χ2n) is 1.39. The number of hydrogen-bond donors (Lipinski definition) is 1. The second kappa shape index (κ2) is 1.41. The first-order chi connectivity index (χ1) is 2.50. The number of hydrogen-bond acceptors (Lipinski definition) is 0. The Hall–Kier alpha value is -0.0400. The number of quaternary nitrogens is 1. The molecule has 2 N–H and O–H groups in total. The van der Waals surface area contributed by atoms with Gasteiger partial charge in [0.25, 0.3) is 0 Å². The van der Waals surface area contributed by atoms with Gasteiger partial charge >= 0.3 is 0 Å². The van der Waals surface area contributed by atoms with E-state index in [0.29, 0.717) is 0 Å². The highest BCUT2D eigenvalue weighted by atomic mass is 14.9. The highest BCUT2D eigenvalue weighted by Gasteiger charge is 1.98. The first kappa shape index (κ1) is 3.16. The molecule has 1 saturated heterocycles. The molecule has 0 saturated carbocycles. The summed E-state index contributed by atoms with van der Waals surface area (Å²) in [5.41, 5.74) is 0. The summed E-state index contributed by atoms with van der Waals surface area (Å²) in [6.07, 6.45) is 3.62. The minimum Gasteiger partial charge on any atom is -0.346 e. The minimum absolute atomic E-state index is 1.25. The lowest BCUT2D eigenvalue weighted by Crippen LogP contribution is -2.80. The van der Waals surface area contributed by atoms with Gasteiger partial charge in [-0.25, -0.2) is 0 Å². The van der Waals surface area contributed by atoms with Crippen LogP contribution in [0.15, 0.2) is 0 Å². The van der Waals surface area contributed by atoms with Gasteiger partial charge in [0.15, 0.2) is 0 Å². The molecule has 29 valence electrons. The molecule has 1 rings (SSSR count). The van der Waals surface area contributed by atoms with Crippen molar-refractivity contribution >= 4 is 0 Å². The third-order valence-corrected chi connectivity index (χ3v) is 0.908. The minimum atomic E-state index is 1.25. The molecule has 1 radical (unpaired) electrons. The smallest absolute Gasteiger partial charge is 0.0791 e. The van der Waals surface area contributed by atoms with Crippen molar-refractivity contribution in [2.45, 2.75) is 6.42 Å². The van der Waals surface area contributed by atoms with E-state index in [2.05, 4.69) is 11.7 Å². The summed E-state index contributed by atoms with van der Waals surface area (Å²) in [6.45, 7) is 2.57. The third-order valence-electron chi connectivity index (χ3n) is 0.908. The molecule has 0 aromatic carbocycles. The Kier molecular flexibility index (Phi) is 0.892. The molecule has 0 aliphatic carbocycles. The molecule has 1 aliphatic heterocycles. The second-order valence-corrected chi connectivity index (χ2v) is 1.39. The van der Waals surface area contributed by atoms with Crippen LogP contribution in [0.4, 0.5) is 0 Å². The van der Waals surface area contributed by atoms with Crippen LogP contribution in [0.25, 0.3) is 0 Å². The molecular weight excluding hydrogens is 62.1 g/mol. The van der Waals surface area contributed by atoms with Crippen LogP contribution in [-0.4, -0.2) is 13.1 Å². The average Bonchev–Trinajstić information content (AvgIpc) is 1.76. The summed E-state index contributed by atoms with van der Waals surface area (Å²) in [7, 11) is 0. The molecule has 0 aromatic rings. The molecule has 0 unspecified atom stereocenters. The fourth-order valence-electron chi connectivity index (χ4n) is 0.589. The van der Waals surface area contributed by atoms with Crippen LogP contribution >= 0.6 is 0 Å². The van der Waals surface area contributed by atoms with Crippen molar-refractivity contribution in [3.05, 3.63) is 6.42 Å². The molecular formula is C4H9N+. The highest BCUT2D eigenvalue weighted by molar-refractivity contribution is 4.63. The zero-order valence-corrected chi connectivity index (χ0v) is 3.28. The predicted octanol–water partition coefficient (Wildman–Crippen LogP) is -0.842. The Morgan fingerprint density at radius 2 is 2.60 bits per heavy atom. The zero-order valence-electron chi connectivity index (χ0n) is 3.28. The molecule has 1 fully saturated rings. The highest BCUT2D eigenvalue weighted by Crippen LogP contribution is 1.80. The van der Waals surface area contributed by atoms with Gasteiger partial charge < -0.3 is 5.32 Å². The van der Waals surface area contributed by atoms with E-state index in [9.17, 15) is 0 Å². The van der Waals surface area contributed by atoms with Gasteiger partial charge in [-0.3, -0.25) is 0 Å². The fraction of sp³-hybridized carbons (Fsp3) is 0.750. The van der Waals surface area contributed by atoms with Gasteiger partial charge in [0.1, 0.15) is 0 Å². The fourth-order valence-corrected chi connectivity index (χ4v) is 0.589. The molecule has 0 spiro atoms. The van der Waals surface area contributed by atoms with Crippen LogP contribution in [0.3, 0.4) is 0 Å². The largest absolute Gasteiger partial charge is 0.346 e. The lowest BCUT2D eigenvalue weighted by molar-refractivity contribution is -0.632. The van der Waals surface area contributed by atoms with E-state index in [-0.39, 0.29) is 0 Å². The zero-order chi connectivity index (χ0) is 3.54. The maximum absolute atomic E-state index is 2.31. The van der Waals surface area contributed by atoms with Crippen molar-refractivity contribution in [1.29, 1.82) is 0 Å². The summed E-state index contributed by atoms with van der Waals surface area (Å²) >= 11 is 0. The van der Waals surface area contributed by atoms with Crippen molar-refractivity contribution in [2.24, 2.45) is 0 Å². The van der Waals surface area contributed by atoms with E-state index in [0.717, 1.165) is 0 Å². The first-order valence-electron chi connectivity index (χ1n) is 2.13. The van der Waals surface area contributed by atoms with Crippen molar-refractivity contribution in [3.8, 4) is 0 Å². The van der Waals surface area contributed by atoms with Crippen LogP contribution in [0, 0.1) is 6.42 Å². The van der Waals surface area contributed by atoms with Gasteiger partial charge in [-0.1, -0.05) is 0 Å². The van der Waals surface area contributed by atoms with Crippen LogP contribution in [0.1, 0.15) is 6.42 Å². The van der Waals surface area contributed by atoms with Gasteiger partial charge in [0.05, 0.1) is 13.1 Å². The third kappa shape index (κ3) is 0.618. The van der Waals surface area contributed by atoms with Gasteiger partial charge in [-0.15, -0.1) is 0 Å². The van der Waals surface area contributed by atoms with E-state index >= 15 is 0 Å². The normalized spacial score (nSPS) is 24.0. The molecule has 1 heterocycles. The Labute approximate surface area is 32.4 Å². The van der Waals surface area contributed by atoms with Crippen molar-refractivity contribution in [1.82, 2.24) is 0 Å². The molecule has 0 amide bonds. The van der Waals surface area contributed by atoms with Crippen molar-refractivity contribution in [2.75, 3.05) is 13.1 Å². The SMILES string of the molecule is [CH]1CC[NH2+]C1. The van der Waals surface area contributed by atoms with E-state index in [4.69, 9.17) is 0 Å². The Morgan fingerprint density at radius 1 is 1.60 bits per heavy atom. The van der Waals surface area contributed by atoms with Crippen molar-refractivity contribution < 1.29 is 5.32 Å². The lowest BCUT2D eigenvalue weighted by Gasteiger charge is -1.73. The Bertz CT molecular complexity index is 15.2. The Balaban J connectivity index is 2.08. The molecule has 1 nitrogen and oxygen atoms in total. The van der Waals surface area contributed by atoms with E-state index < -0.39 is 0 Å². The molecule has 1 heteroatoms. The van der Waals surface area contributed by atoms with Crippen LogP contribution in [0.2, 0.25) is 0 Å². The quantitative estimate of drug-likeness (QED) is 0.383. The molecule has 5 heavy (non-hydrogen) atoms. The summed E-state index contributed by atoms with van der Waals surface area (Å²) < 4.78 is 0. The monoisotopic (exact) mass is 71.1 g/mol. The summed E-state index contributed by atoms with van der Waals surface area (Å²) in [5, 5.41) is 2.31. The standard InChI is InChI=1S/C4H8N/c1-2-4-5-3-1/h1,5H,2-4H2/p+1. The van der Waals surface area contributed by atoms with E-state index in [1.807, 2.05) is 0 Å². The maximum atomic E-state index is 2.31. The molecule has 0 atom stereocenters. The lowest BCUT2D eigenvalue weighted by atomic mass is 10.4. The van der Waals surface area contributed by atoms with Crippen LogP contribution < -0.4 is 5.32 Å². The van der Waals surface area contributed by atoms with Crippen LogP contribution in [-0.2, 0) is 0 Å². The van der Waals surface area contributed by atoms with Gasteiger partial charge in [-0.05, 0) is 0 Å². The van der Waals surface area contributed by atoms with Gasteiger partial charge in [0.2, 0.25) is 0 Å². The summed E-state index contributed by atoms with van der Waals surface area (Å²) in [4.78, 5) is 0. The predicted molar refractivity (Wildman–Crippen MR) is 20.6 cm³/mol. The first-order valence-corrected chi connectivity index (χ1v) is 2.13. The van der Waals surface area contributed by atoms with Crippen molar-refractivity contribution in [3.63, 3.8) is 0 Å². The Morgan fingerprint density at radius 3 is 2.80 bits per heavy atom. The molecule has 1 aliphatic rings. The van der Waals surface area contributed by atoms with Gasteiger partial charge in [-0.2, -0.15) is 0 Å². The van der Waals surface area contributed by atoms with E-state index in [1.165, 1.54) is 19.5 Å². The average molecular weight is 71.1 g/mol. The van der Waals surface area contributed by atoms with Crippen LogP contribution in [0.5, 0.6) is 0 Å². The summed E-state index contributed by atoms with van der Waals surface area (Å²) in [6, 6.07) is 0.